The van der Waals surface area contributed by atoms with Crippen molar-refractivity contribution in [2.24, 2.45) is 0 Å². The predicted molar refractivity (Wildman–Crippen MR) is 80.6 cm³/mol. The van der Waals surface area contributed by atoms with Crippen LogP contribution in [0.2, 0.25) is 10.0 Å². The summed E-state index contributed by atoms with van der Waals surface area (Å²) in [6, 6.07) is 7.75. The quantitative estimate of drug-likeness (QED) is 0.879. The molecule has 0 aliphatic heterocycles. The number of carboxylic acid groups (broad SMARTS) is 2. The summed E-state index contributed by atoms with van der Waals surface area (Å²) in [5, 5.41) is 19.1. The highest BCUT2D eigenvalue weighted by Gasteiger charge is 2.23. The van der Waals surface area contributed by atoms with Crippen LogP contribution in [0.3, 0.4) is 0 Å². The standard InChI is InChI=1S/C15H10Cl2O4/c1-7-10(14(18)19)6-11(17)13(12(7)15(20)21)8-2-4-9(16)5-3-8/h2-6H,1H3,(H,18,19)(H,20,21). The van der Waals surface area contributed by atoms with Crippen LogP contribution in [0.5, 0.6) is 0 Å². The van der Waals surface area contributed by atoms with Crippen LogP contribution in [-0.4, -0.2) is 22.2 Å². The van der Waals surface area contributed by atoms with Crippen LogP contribution in [0.25, 0.3) is 11.1 Å². The third-order valence-corrected chi connectivity index (χ3v) is 3.67. The minimum atomic E-state index is -1.23. The number of benzene rings is 2. The Morgan fingerprint density at radius 1 is 1.00 bits per heavy atom. The molecule has 2 aromatic rings. The Labute approximate surface area is 130 Å². The minimum absolute atomic E-state index is 0.0673. The first-order valence-corrected chi connectivity index (χ1v) is 6.64. The number of carbonyl (C=O) groups is 2. The zero-order chi connectivity index (χ0) is 15.7. The van der Waals surface area contributed by atoms with Crippen LogP contribution >= 0.6 is 23.2 Å². The van der Waals surface area contributed by atoms with E-state index in [1.807, 2.05) is 0 Å². The summed E-state index contributed by atoms with van der Waals surface area (Å²) in [7, 11) is 0. The molecule has 0 bridgehead atoms. The van der Waals surface area contributed by atoms with E-state index in [1.165, 1.54) is 13.0 Å². The van der Waals surface area contributed by atoms with Crippen LogP contribution in [-0.2, 0) is 0 Å². The summed E-state index contributed by atoms with van der Waals surface area (Å²) in [5.74, 6) is -2.46. The molecule has 0 saturated heterocycles. The molecule has 0 heterocycles. The average Bonchev–Trinajstić information content (AvgIpc) is 2.41. The Balaban J connectivity index is 2.82. The Bertz CT molecular complexity index is 736. The Morgan fingerprint density at radius 3 is 2.05 bits per heavy atom. The van der Waals surface area contributed by atoms with E-state index in [0.29, 0.717) is 10.6 Å². The van der Waals surface area contributed by atoms with E-state index in [0.717, 1.165) is 0 Å². The molecule has 2 rings (SSSR count). The van der Waals surface area contributed by atoms with Gasteiger partial charge in [0.25, 0.3) is 0 Å². The van der Waals surface area contributed by atoms with Gasteiger partial charge in [-0.2, -0.15) is 0 Å². The lowest BCUT2D eigenvalue weighted by molar-refractivity contribution is 0.0696. The number of halogens is 2. The molecule has 0 saturated carbocycles. The van der Waals surface area contributed by atoms with Gasteiger partial charge in [0.2, 0.25) is 0 Å². The molecule has 0 aliphatic rings. The molecule has 0 spiro atoms. The molecule has 21 heavy (non-hydrogen) atoms. The number of hydrogen-bond acceptors (Lipinski definition) is 2. The van der Waals surface area contributed by atoms with Gasteiger partial charge in [0, 0.05) is 10.6 Å². The Morgan fingerprint density at radius 2 is 1.57 bits per heavy atom. The van der Waals surface area contributed by atoms with Gasteiger partial charge in [-0.1, -0.05) is 35.3 Å². The van der Waals surface area contributed by atoms with Gasteiger partial charge in [0.05, 0.1) is 16.1 Å². The van der Waals surface area contributed by atoms with E-state index < -0.39 is 11.9 Å². The highest BCUT2D eigenvalue weighted by molar-refractivity contribution is 6.35. The smallest absolute Gasteiger partial charge is 0.336 e. The highest BCUT2D eigenvalue weighted by atomic mass is 35.5. The van der Waals surface area contributed by atoms with Gasteiger partial charge in [-0.05, 0) is 36.2 Å². The van der Waals surface area contributed by atoms with Crippen molar-refractivity contribution in [3.63, 3.8) is 0 Å². The molecule has 2 N–H and O–H groups in total. The topological polar surface area (TPSA) is 74.6 Å². The molecule has 0 amide bonds. The fraction of sp³-hybridized carbons (Fsp3) is 0.0667. The Kier molecular flexibility index (Phi) is 4.21. The SMILES string of the molecule is Cc1c(C(=O)O)cc(Cl)c(-c2ccc(Cl)cc2)c1C(=O)O. The van der Waals surface area contributed by atoms with Gasteiger partial charge in [0.15, 0.2) is 0 Å². The van der Waals surface area contributed by atoms with Crippen LogP contribution < -0.4 is 0 Å². The van der Waals surface area contributed by atoms with Crippen molar-refractivity contribution in [2.45, 2.75) is 6.92 Å². The lowest BCUT2D eigenvalue weighted by Gasteiger charge is -2.14. The van der Waals surface area contributed by atoms with E-state index in [2.05, 4.69) is 0 Å². The van der Waals surface area contributed by atoms with Crippen LogP contribution in [0.4, 0.5) is 0 Å². The second-order valence-electron chi connectivity index (χ2n) is 4.40. The second kappa shape index (κ2) is 5.76. The largest absolute Gasteiger partial charge is 0.478 e. The molecule has 2 aromatic carbocycles. The molecule has 6 heteroatoms. The molecule has 0 fully saturated rings. The van der Waals surface area contributed by atoms with Gasteiger partial charge in [0.1, 0.15) is 0 Å². The van der Waals surface area contributed by atoms with Crippen molar-refractivity contribution in [1.29, 1.82) is 0 Å². The maximum absolute atomic E-state index is 11.5. The van der Waals surface area contributed by atoms with Gasteiger partial charge in [-0.3, -0.25) is 0 Å². The molecule has 4 nitrogen and oxygen atoms in total. The second-order valence-corrected chi connectivity index (χ2v) is 5.24. The fourth-order valence-electron chi connectivity index (χ4n) is 2.14. The van der Waals surface area contributed by atoms with Gasteiger partial charge < -0.3 is 10.2 Å². The third-order valence-electron chi connectivity index (χ3n) is 3.12. The normalized spacial score (nSPS) is 10.4. The van der Waals surface area contributed by atoms with E-state index >= 15 is 0 Å². The molecule has 0 atom stereocenters. The first kappa shape index (κ1) is 15.4. The summed E-state index contributed by atoms with van der Waals surface area (Å²) in [6.07, 6.45) is 0. The highest BCUT2D eigenvalue weighted by Crippen LogP contribution is 2.36. The molecular formula is C15H10Cl2O4. The molecule has 0 aliphatic carbocycles. The van der Waals surface area contributed by atoms with Crippen molar-refractivity contribution < 1.29 is 19.8 Å². The first-order chi connectivity index (χ1) is 9.82. The summed E-state index contributed by atoms with van der Waals surface area (Å²) in [6.45, 7) is 1.45. The van der Waals surface area contributed by atoms with Crippen LogP contribution in [0.15, 0.2) is 30.3 Å². The minimum Gasteiger partial charge on any atom is -0.478 e. The van der Waals surface area contributed by atoms with Crippen molar-refractivity contribution in [2.75, 3.05) is 0 Å². The summed E-state index contributed by atoms with van der Waals surface area (Å²) in [5.41, 5.74) is 0.742. The maximum atomic E-state index is 11.5. The van der Waals surface area contributed by atoms with E-state index in [-0.39, 0.29) is 27.3 Å². The Hall–Kier alpha value is -2.04. The van der Waals surface area contributed by atoms with Gasteiger partial charge >= 0.3 is 11.9 Å². The van der Waals surface area contributed by atoms with Crippen molar-refractivity contribution in [3.8, 4) is 11.1 Å². The summed E-state index contributed by atoms with van der Waals surface area (Å²) >= 11 is 11.9. The predicted octanol–water partition coefficient (Wildman–Crippen LogP) is 4.37. The molecular weight excluding hydrogens is 315 g/mol. The van der Waals surface area contributed by atoms with Crippen molar-refractivity contribution >= 4 is 35.1 Å². The summed E-state index contributed by atoms with van der Waals surface area (Å²) in [4.78, 5) is 22.7. The lowest BCUT2D eigenvalue weighted by Crippen LogP contribution is -2.09. The number of hydrogen-bond donors (Lipinski definition) is 2. The van der Waals surface area contributed by atoms with Crippen molar-refractivity contribution in [1.82, 2.24) is 0 Å². The molecule has 0 radical (unpaired) electrons. The number of rotatable bonds is 3. The van der Waals surface area contributed by atoms with Crippen LogP contribution in [0, 0.1) is 6.92 Å². The average molecular weight is 325 g/mol. The van der Waals surface area contributed by atoms with Crippen molar-refractivity contribution in [3.05, 3.63) is 57.1 Å². The van der Waals surface area contributed by atoms with Gasteiger partial charge in [-0.25, -0.2) is 9.59 Å². The zero-order valence-corrected chi connectivity index (χ0v) is 12.4. The van der Waals surface area contributed by atoms with Crippen LogP contribution in [0.1, 0.15) is 26.3 Å². The third kappa shape index (κ3) is 2.86. The number of carboxylic acids is 2. The lowest BCUT2D eigenvalue weighted by atomic mass is 9.92. The van der Waals surface area contributed by atoms with E-state index in [9.17, 15) is 14.7 Å². The number of aromatic carboxylic acids is 2. The molecule has 0 unspecified atom stereocenters. The zero-order valence-electron chi connectivity index (χ0n) is 10.9. The monoisotopic (exact) mass is 324 g/mol. The summed E-state index contributed by atoms with van der Waals surface area (Å²) < 4.78 is 0. The van der Waals surface area contributed by atoms with E-state index in [4.69, 9.17) is 28.3 Å². The van der Waals surface area contributed by atoms with E-state index in [1.54, 1.807) is 24.3 Å². The maximum Gasteiger partial charge on any atom is 0.336 e. The fourth-order valence-corrected chi connectivity index (χ4v) is 2.58. The first-order valence-electron chi connectivity index (χ1n) is 5.88. The molecule has 108 valence electrons. The van der Waals surface area contributed by atoms with Gasteiger partial charge in [-0.15, -0.1) is 0 Å². The molecule has 0 aromatic heterocycles.